The van der Waals surface area contributed by atoms with Crippen molar-refractivity contribution >= 4 is 21.5 Å². The van der Waals surface area contributed by atoms with E-state index in [4.69, 9.17) is 15.2 Å². The van der Waals surface area contributed by atoms with Gasteiger partial charge in [0.05, 0.1) is 24.7 Å². The Kier molecular flexibility index (Phi) is 7.23. The molecule has 170 valence electrons. The molecule has 1 fully saturated rings. The van der Waals surface area contributed by atoms with Gasteiger partial charge in [0.2, 0.25) is 9.84 Å². The van der Waals surface area contributed by atoms with Gasteiger partial charge < -0.3 is 15.2 Å². The first kappa shape index (κ1) is 24.6. The van der Waals surface area contributed by atoms with Gasteiger partial charge in [-0.1, -0.05) is 13.8 Å². The summed E-state index contributed by atoms with van der Waals surface area (Å²) in [7, 11) is -4.20. The van der Waals surface area contributed by atoms with Crippen molar-refractivity contribution in [1.82, 2.24) is 5.43 Å². The van der Waals surface area contributed by atoms with E-state index in [1.807, 2.05) is 6.92 Å². The summed E-state index contributed by atoms with van der Waals surface area (Å²) in [4.78, 5) is 11.6. The number of rotatable bonds is 7. The number of hydrogen-bond donors (Lipinski definition) is 2. The fraction of sp³-hybridized carbons (Fsp3) is 0.667. The molecule has 1 atom stereocenters. The van der Waals surface area contributed by atoms with E-state index in [1.165, 1.54) is 24.3 Å². The number of nitrogens with two attached hydrogens (primary N) is 1. The predicted octanol–water partition coefficient (Wildman–Crippen LogP) is 2.11. The topological polar surface area (TPSA) is 108 Å². The molecule has 1 heterocycles. The maximum Gasteiger partial charge on any atom is 0.348 e. The number of nitrogen functional groups attached to an aromatic ring is 1. The van der Waals surface area contributed by atoms with E-state index in [2.05, 4.69) is 5.43 Å². The maximum absolute atomic E-state index is 14.0. The van der Waals surface area contributed by atoms with Crippen molar-refractivity contribution in [2.24, 2.45) is 5.92 Å². The highest BCUT2D eigenvalue weighted by atomic mass is 32.2. The standard InChI is InChI=1S/C21H36N3O5S/c1-7-24(12-14-28-15-13-24)23-21(16(2)3,19(25)29-20(4,5)6)30(26,27)18-10-8-17(22)9-11-18/h8-11,16,23H,7,12-15,22H2,1-6H3/q+1/t21-/m1/s1. The number of nitrogens with one attached hydrogen (secondary N) is 1. The van der Waals surface area contributed by atoms with Crippen LogP contribution in [0, 0.1) is 5.92 Å². The Morgan fingerprint density at radius 3 is 2.17 bits per heavy atom. The molecular weight excluding hydrogens is 406 g/mol. The smallest absolute Gasteiger partial charge is 0.348 e. The lowest BCUT2D eigenvalue weighted by atomic mass is 10.0. The lowest BCUT2D eigenvalue weighted by Crippen LogP contribution is -2.75. The van der Waals surface area contributed by atoms with E-state index in [1.54, 1.807) is 34.6 Å². The molecule has 0 spiro atoms. The summed E-state index contributed by atoms with van der Waals surface area (Å²) < 4.78 is 39.5. The number of morpholine rings is 1. The van der Waals surface area contributed by atoms with Crippen LogP contribution in [0.5, 0.6) is 0 Å². The summed E-state index contributed by atoms with van der Waals surface area (Å²) in [6.07, 6.45) is 0. The van der Waals surface area contributed by atoms with Crippen LogP contribution in [-0.4, -0.2) is 62.3 Å². The quantitative estimate of drug-likeness (QED) is 0.378. The van der Waals surface area contributed by atoms with Crippen LogP contribution in [0.15, 0.2) is 29.2 Å². The molecular formula is C21H36N3O5S+. The Bertz CT molecular complexity index is 840. The summed E-state index contributed by atoms with van der Waals surface area (Å²) in [6.45, 7) is 13.2. The first-order valence-corrected chi connectivity index (χ1v) is 11.8. The van der Waals surface area contributed by atoms with Crippen LogP contribution in [0.4, 0.5) is 5.69 Å². The molecule has 0 amide bonds. The molecule has 9 heteroatoms. The summed E-state index contributed by atoms with van der Waals surface area (Å²) in [6, 6.07) is 5.91. The number of hydrogen-bond acceptors (Lipinski definition) is 7. The highest BCUT2D eigenvalue weighted by molar-refractivity contribution is 7.93. The second-order valence-corrected chi connectivity index (χ2v) is 11.2. The van der Waals surface area contributed by atoms with Gasteiger partial charge in [-0.25, -0.2) is 17.8 Å². The summed E-state index contributed by atoms with van der Waals surface area (Å²) in [5.74, 6) is -1.42. The van der Waals surface area contributed by atoms with Gasteiger partial charge >= 0.3 is 5.97 Å². The van der Waals surface area contributed by atoms with E-state index >= 15 is 0 Å². The van der Waals surface area contributed by atoms with Crippen molar-refractivity contribution in [1.29, 1.82) is 0 Å². The zero-order valence-electron chi connectivity index (χ0n) is 18.9. The Labute approximate surface area is 180 Å². The molecule has 0 radical (unpaired) electrons. The summed E-state index contributed by atoms with van der Waals surface area (Å²) in [5, 5.41) is 0. The number of quaternary nitrogens is 1. The molecule has 8 nitrogen and oxygen atoms in total. The van der Waals surface area contributed by atoms with Gasteiger partial charge in [0, 0.05) is 11.6 Å². The first-order chi connectivity index (χ1) is 13.8. The zero-order chi connectivity index (χ0) is 22.8. The molecule has 2 rings (SSSR count). The average molecular weight is 443 g/mol. The van der Waals surface area contributed by atoms with Gasteiger partial charge in [0.15, 0.2) is 0 Å². The van der Waals surface area contributed by atoms with Crippen LogP contribution < -0.4 is 11.2 Å². The lowest BCUT2D eigenvalue weighted by molar-refractivity contribution is -0.977. The predicted molar refractivity (Wildman–Crippen MR) is 116 cm³/mol. The summed E-state index contributed by atoms with van der Waals surface area (Å²) >= 11 is 0. The Hall–Kier alpha value is -1.68. The second-order valence-electron chi connectivity index (χ2n) is 9.10. The minimum absolute atomic E-state index is 0.0197. The number of benzene rings is 1. The van der Waals surface area contributed by atoms with E-state index in [0.29, 0.717) is 38.5 Å². The highest BCUT2D eigenvalue weighted by Crippen LogP contribution is 2.35. The van der Waals surface area contributed by atoms with Gasteiger partial charge in [-0.2, -0.15) is 0 Å². The summed E-state index contributed by atoms with van der Waals surface area (Å²) in [5.41, 5.74) is 8.62. The zero-order valence-corrected chi connectivity index (χ0v) is 19.7. The van der Waals surface area contributed by atoms with Crippen LogP contribution in [-0.2, 0) is 24.1 Å². The molecule has 3 N–H and O–H groups in total. The van der Waals surface area contributed by atoms with Gasteiger partial charge in [-0.3, -0.25) is 0 Å². The highest BCUT2D eigenvalue weighted by Gasteiger charge is 2.61. The molecule has 1 aromatic rings. The fourth-order valence-electron chi connectivity index (χ4n) is 3.63. The first-order valence-electron chi connectivity index (χ1n) is 10.4. The number of esters is 1. The second kappa shape index (κ2) is 8.82. The molecule has 0 aliphatic carbocycles. The van der Waals surface area contributed by atoms with Crippen molar-refractivity contribution in [3.63, 3.8) is 0 Å². The Morgan fingerprint density at radius 1 is 1.20 bits per heavy atom. The van der Waals surface area contributed by atoms with E-state index < -0.39 is 32.2 Å². The number of ether oxygens (including phenoxy) is 2. The minimum atomic E-state index is -4.20. The van der Waals surface area contributed by atoms with Crippen LogP contribution >= 0.6 is 0 Å². The molecule has 30 heavy (non-hydrogen) atoms. The third-order valence-electron chi connectivity index (χ3n) is 5.47. The number of nitrogens with zero attached hydrogens (tertiary/aromatic N) is 1. The number of carbonyl (C=O) groups is 1. The van der Waals surface area contributed by atoms with Crippen LogP contribution in [0.25, 0.3) is 0 Å². The molecule has 1 saturated heterocycles. The normalized spacial score (nSPS) is 19.3. The SMILES string of the molecule is CC[N+]1(N[C@](C(=O)OC(C)(C)C)(C(C)C)S(=O)(=O)c2ccc(N)cc2)CCOCC1. The van der Waals surface area contributed by atoms with E-state index in [-0.39, 0.29) is 9.49 Å². The molecule has 1 aliphatic heterocycles. The molecule has 0 bridgehead atoms. The molecule has 1 aromatic carbocycles. The average Bonchev–Trinajstić information content (AvgIpc) is 2.65. The van der Waals surface area contributed by atoms with Crippen molar-refractivity contribution in [2.75, 3.05) is 38.6 Å². The van der Waals surface area contributed by atoms with Gasteiger partial charge in [0.1, 0.15) is 18.7 Å². The molecule has 0 saturated carbocycles. The Morgan fingerprint density at radius 2 is 1.73 bits per heavy atom. The molecule has 0 unspecified atom stereocenters. The lowest BCUT2D eigenvalue weighted by Gasteiger charge is -2.47. The molecule has 1 aliphatic rings. The van der Waals surface area contributed by atoms with Crippen LogP contribution in [0.1, 0.15) is 41.5 Å². The molecule has 0 aromatic heterocycles. The third kappa shape index (κ3) is 4.80. The van der Waals surface area contributed by atoms with E-state index in [0.717, 1.165) is 0 Å². The van der Waals surface area contributed by atoms with Gasteiger partial charge in [-0.05, 0) is 52.0 Å². The number of anilines is 1. The number of carbonyl (C=O) groups excluding carboxylic acids is 1. The van der Waals surface area contributed by atoms with Crippen molar-refractivity contribution in [2.45, 2.75) is 56.9 Å². The number of likely N-dealkylation sites (N-methyl/N-ethyl adjacent to an activating group) is 1. The van der Waals surface area contributed by atoms with Crippen LogP contribution in [0.3, 0.4) is 0 Å². The van der Waals surface area contributed by atoms with Crippen molar-refractivity contribution in [3.05, 3.63) is 24.3 Å². The van der Waals surface area contributed by atoms with Crippen molar-refractivity contribution < 1.29 is 27.3 Å². The maximum atomic E-state index is 14.0. The van der Waals surface area contributed by atoms with Crippen LogP contribution in [0.2, 0.25) is 0 Å². The van der Waals surface area contributed by atoms with E-state index in [9.17, 15) is 13.2 Å². The minimum Gasteiger partial charge on any atom is -0.458 e. The third-order valence-corrected chi connectivity index (χ3v) is 7.94. The largest absolute Gasteiger partial charge is 0.458 e. The van der Waals surface area contributed by atoms with Gasteiger partial charge in [-0.15, -0.1) is 5.43 Å². The monoisotopic (exact) mass is 442 g/mol. The van der Waals surface area contributed by atoms with Crippen molar-refractivity contribution in [3.8, 4) is 0 Å². The Balaban J connectivity index is 2.71. The fourth-order valence-corrected chi connectivity index (χ4v) is 5.69. The van der Waals surface area contributed by atoms with Gasteiger partial charge in [0.25, 0.3) is 4.87 Å². The number of sulfone groups is 1.